The third kappa shape index (κ3) is 3.12. The molecule has 0 amide bonds. The molecule has 1 atom stereocenters. The molecule has 2 rings (SSSR count). The molecular formula is C12H15BrN2O4S. The Hall–Kier alpha value is -1.15. The molecule has 1 aromatic rings. The summed E-state index contributed by atoms with van der Waals surface area (Å²) in [5.41, 5.74) is 1.33. The maximum absolute atomic E-state index is 11.6. The number of benzene rings is 1. The highest BCUT2D eigenvalue weighted by Crippen LogP contribution is 2.32. The van der Waals surface area contributed by atoms with Crippen molar-refractivity contribution in [3.63, 3.8) is 0 Å². The number of hydrogen-bond acceptors (Lipinski definition) is 5. The van der Waals surface area contributed by atoms with Crippen LogP contribution in [0.4, 0.5) is 11.4 Å². The molecule has 1 aliphatic rings. The summed E-state index contributed by atoms with van der Waals surface area (Å²) in [4.78, 5) is 12.6. The molecule has 6 nitrogen and oxygen atoms in total. The van der Waals surface area contributed by atoms with Gasteiger partial charge in [-0.25, -0.2) is 8.42 Å². The lowest BCUT2D eigenvalue weighted by Crippen LogP contribution is -2.47. The second kappa shape index (κ2) is 5.69. The highest BCUT2D eigenvalue weighted by atomic mass is 79.9. The summed E-state index contributed by atoms with van der Waals surface area (Å²) in [6, 6.07) is 4.78. The molecule has 1 unspecified atom stereocenters. The molecule has 0 aromatic heterocycles. The van der Waals surface area contributed by atoms with E-state index < -0.39 is 14.8 Å². The molecule has 8 heteroatoms. The fraction of sp³-hybridized carbons (Fsp3) is 0.500. The molecule has 0 radical (unpaired) electrons. The van der Waals surface area contributed by atoms with Crippen LogP contribution in [0.5, 0.6) is 0 Å². The average Bonchev–Trinajstić information content (AvgIpc) is 2.37. The van der Waals surface area contributed by atoms with Gasteiger partial charge in [0.15, 0.2) is 9.84 Å². The minimum Gasteiger partial charge on any atom is -0.361 e. The van der Waals surface area contributed by atoms with Gasteiger partial charge in [0.05, 0.1) is 16.4 Å². The van der Waals surface area contributed by atoms with Crippen molar-refractivity contribution in [3.05, 3.63) is 33.9 Å². The Balaban J connectivity index is 2.40. The predicted octanol–water partition coefficient (Wildman–Crippen LogP) is 2.11. The van der Waals surface area contributed by atoms with Gasteiger partial charge in [0.25, 0.3) is 5.69 Å². The lowest BCUT2D eigenvalue weighted by Gasteiger charge is -2.34. The minimum absolute atomic E-state index is 0.0214. The van der Waals surface area contributed by atoms with E-state index in [1.165, 1.54) is 6.07 Å². The van der Waals surface area contributed by atoms with Gasteiger partial charge < -0.3 is 4.90 Å². The van der Waals surface area contributed by atoms with Gasteiger partial charge in [-0.05, 0) is 18.6 Å². The Morgan fingerprint density at radius 3 is 2.75 bits per heavy atom. The zero-order chi connectivity index (χ0) is 14.9. The van der Waals surface area contributed by atoms with Crippen molar-refractivity contribution in [2.75, 3.05) is 23.0 Å². The molecule has 0 N–H and O–H groups in total. The summed E-state index contributed by atoms with van der Waals surface area (Å²) < 4.78 is 23.2. The number of nitro groups is 1. The van der Waals surface area contributed by atoms with E-state index in [1.54, 1.807) is 17.9 Å². The van der Waals surface area contributed by atoms with Gasteiger partial charge >= 0.3 is 0 Å². The van der Waals surface area contributed by atoms with Crippen LogP contribution in [-0.2, 0) is 15.2 Å². The predicted molar refractivity (Wildman–Crippen MR) is 81.2 cm³/mol. The van der Waals surface area contributed by atoms with Crippen molar-refractivity contribution < 1.29 is 13.3 Å². The molecule has 20 heavy (non-hydrogen) atoms. The van der Waals surface area contributed by atoms with Crippen LogP contribution in [0.15, 0.2) is 18.2 Å². The van der Waals surface area contributed by atoms with Crippen LogP contribution < -0.4 is 4.90 Å². The van der Waals surface area contributed by atoms with Crippen LogP contribution in [0.2, 0.25) is 0 Å². The fourth-order valence-electron chi connectivity index (χ4n) is 2.40. The topological polar surface area (TPSA) is 80.5 Å². The Kier molecular flexibility index (Phi) is 4.33. The van der Waals surface area contributed by atoms with Gasteiger partial charge in [-0.1, -0.05) is 22.0 Å². The second-order valence-corrected chi connectivity index (χ2v) is 7.66. The number of halogens is 1. The first-order chi connectivity index (χ1) is 9.34. The van der Waals surface area contributed by atoms with E-state index in [1.807, 2.05) is 6.07 Å². The van der Waals surface area contributed by atoms with Crippen molar-refractivity contribution in [3.8, 4) is 0 Å². The minimum atomic E-state index is -3.04. The van der Waals surface area contributed by atoms with Crippen LogP contribution in [0.25, 0.3) is 0 Å². The number of hydrogen-bond donors (Lipinski definition) is 0. The molecule has 0 bridgehead atoms. The van der Waals surface area contributed by atoms with Crippen LogP contribution in [-0.4, -0.2) is 37.4 Å². The van der Waals surface area contributed by atoms with Crippen molar-refractivity contribution in [1.82, 2.24) is 0 Å². The van der Waals surface area contributed by atoms with Crippen LogP contribution >= 0.6 is 15.9 Å². The normalized spacial score (nSPS) is 21.7. The zero-order valence-corrected chi connectivity index (χ0v) is 13.4. The van der Waals surface area contributed by atoms with Gasteiger partial charge in [0.2, 0.25) is 0 Å². The molecule has 1 saturated heterocycles. The third-order valence-electron chi connectivity index (χ3n) is 3.37. The van der Waals surface area contributed by atoms with Gasteiger partial charge in [-0.2, -0.15) is 0 Å². The zero-order valence-electron chi connectivity index (χ0n) is 11.0. The lowest BCUT2D eigenvalue weighted by molar-refractivity contribution is -0.384. The number of sulfone groups is 1. The van der Waals surface area contributed by atoms with Crippen molar-refractivity contribution in [2.45, 2.75) is 18.3 Å². The maximum atomic E-state index is 11.6. The summed E-state index contributed by atoms with van der Waals surface area (Å²) >= 11 is 3.27. The van der Waals surface area contributed by atoms with E-state index in [2.05, 4.69) is 15.9 Å². The Bertz CT molecular complexity index is 632. The van der Waals surface area contributed by atoms with Crippen molar-refractivity contribution >= 4 is 37.1 Å². The van der Waals surface area contributed by atoms with E-state index in [0.717, 1.165) is 5.56 Å². The molecule has 1 fully saturated rings. The SMILES string of the molecule is CC1CS(=O)(=O)CCN1c1ccc(CBr)cc1[N+](=O)[O-]. The number of alkyl halides is 1. The van der Waals surface area contributed by atoms with Crippen LogP contribution in [0.3, 0.4) is 0 Å². The third-order valence-corrected chi connectivity index (χ3v) is 5.81. The Morgan fingerprint density at radius 1 is 1.50 bits per heavy atom. The number of nitro benzene ring substituents is 1. The molecule has 110 valence electrons. The van der Waals surface area contributed by atoms with E-state index >= 15 is 0 Å². The van der Waals surface area contributed by atoms with Gasteiger partial charge in [-0.15, -0.1) is 0 Å². The van der Waals surface area contributed by atoms with Crippen molar-refractivity contribution in [1.29, 1.82) is 0 Å². The molecule has 1 aliphatic heterocycles. The standard InChI is InChI=1S/C12H15BrN2O4S/c1-9-8-20(18,19)5-4-14(9)11-3-2-10(7-13)6-12(11)15(16)17/h2-3,6,9H,4-5,7-8H2,1H3. The van der Waals surface area contributed by atoms with Crippen LogP contribution in [0.1, 0.15) is 12.5 Å². The van der Waals surface area contributed by atoms with Crippen LogP contribution in [0, 0.1) is 10.1 Å². The monoisotopic (exact) mass is 362 g/mol. The quantitative estimate of drug-likeness (QED) is 0.467. The van der Waals surface area contributed by atoms with Gasteiger partial charge in [0, 0.05) is 24.0 Å². The average molecular weight is 363 g/mol. The summed E-state index contributed by atoms with van der Waals surface area (Å²) in [6.07, 6.45) is 0. The highest BCUT2D eigenvalue weighted by Gasteiger charge is 2.31. The molecule has 0 spiro atoms. The van der Waals surface area contributed by atoms with Crippen molar-refractivity contribution in [2.24, 2.45) is 0 Å². The fourth-order valence-corrected chi connectivity index (χ4v) is 4.30. The first kappa shape index (κ1) is 15.2. The maximum Gasteiger partial charge on any atom is 0.292 e. The number of anilines is 1. The van der Waals surface area contributed by atoms with E-state index in [4.69, 9.17) is 0 Å². The first-order valence-corrected chi connectivity index (χ1v) is 9.08. The largest absolute Gasteiger partial charge is 0.361 e. The summed E-state index contributed by atoms with van der Waals surface area (Å²) in [5.74, 6) is 0.0685. The highest BCUT2D eigenvalue weighted by molar-refractivity contribution is 9.08. The van der Waals surface area contributed by atoms with E-state index in [0.29, 0.717) is 11.0 Å². The molecule has 0 aliphatic carbocycles. The second-order valence-electron chi connectivity index (χ2n) is 4.87. The number of rotatable bonds is 3. The summed E-state index contributed by atoms with van der Waals surface area (Å²) in [5, 5.41) is 11.8. The molecule has 0 saturated carbocycles. The molecule has 1 heterocycles. The first-order valence-electron chi connectivity index (χ1n) is 6.14. The Morgan fingerprint density at radius 2 is 2.20 bits per heavy atom. The summed E-state index contributed by atoms with van der Waals surface area (Å²) in [6.45, 7) is 2.07. The summed E-state index contributed by atoms with van der Waals surface area (Å²) in [7, 11) is -3.04. The molecule has 1 aromatic carbocycles. The van der Waals surface area contributed by atoms with Gasteiger partial charge in [-0.3, -0.25) is 10.1 Å². The molecular weight excluding hydrogens is 348 g/mol. The Labute approximate surface area is 126 Å². The lowest BCUT2D eigenvalue weighted by atomic mass is 10.1. The van der Waals surface area contributed by atoms with E-state index in [-0.39, 0.29) is 29.8 Å². The smallest absolute Gasteiger partial charge is 0.292 e. The van der Waals surface area contributed by atoms with E-state index in [9.17, 15) is 18.5 Å². The number of nitrogens with zero attached hydrogens (tertiary/aromatic N) is 2. The van der Waals surface area contributed by atoms with Gasteiger partial charge in [0.1, 0.15) is 5.69 Å².